The SMILES string of the molecule is O=C(O)CCc1ccc2c(c1)C(=Cc1[nH]c3c(c1Cc1nccc4ccccc14)CCCC3)C(=O)N2. The smallest absolute Gasteiger partial charge is 0.303 e. The van der Waals surface area contributed by atoms with Crippen LogP contribution >= 0.6 is 0 Å². The predicted molar refractivity (Wildman–Crippen MR) is 141 cm³/mol. The number of hydrogen-bond acceptors (Lipinski definition) is 3. The number of aromatic nitrogens is 2. The summed E-state index contributed by atoms with van der Waals surface area (Å²) in [6, 6.07) is 16.0. The summed E-state index contributed by atoms with van der Waals surface area (Å²) < 4.78 is 0. The predicted octanol–water partition coefficient (Wildman–Crippen LogP) is 5.54. The number of H-pyrrole nitrogens is 1. The molecule has 36 heavy (non-hydrogen) atoms. The fraction of sp³-hybridized carbons (Fsp3) is 0.233. The molecule has 0 radical (unpaired) electrons. The van der Waals surface area contributed by atoms with Crippen LogP contribution in [0.4, 0.5) is 5.69 Å². The van der Waals surface area contributed by atoms with Crippen LogP contribution in [0.3, 0.4) is 0 Å². The summed E-state index contributed by atoms with van der Waals surface area (Å²) in [6.07, 6.45) is 9.38. The number of nitrogens with one attached hydrogen (secondary N) is 2. The average molecular weight is 478 g/mol. The third-order valence-corrected chi connectivity index (χ3v) is 7.33. The first-order chi connectivity index (χ1) is 17.6. The van der Waals surface area contributed by atoms with Crippen molar-refractivity contribution in [2.24, 2.45) is 0 Å². The van der Waals surface area contributed by atoms with Gasteiger partial charge in [-0.2, -0.15) is 0 Å². The van der Waals surface area contributed by atoms with Crippen LogP contribution in [0.2, 0.25) is 0 Å². The molecule has 4 aromatic rings. The number of carboxylic acid groups (broad SMARTS) is 1. The van der Waals surface area contributed by atoms with Gasteiger partial charge < -0.3 is 15.4 Å². The fourth-order valence-corrected chi connectivity index (χ4v) is 5.52. The molecule has 2 aliphatic rings. The first kappa shape index (κ1) is 22.3. The second kappa shape index (κ2) is 9.11. The molecule has 1 aliphatic carbocycles. The number of anilines is 1. The van der Waals surface area contributed by atoms with Crippen molar-refractivity contribution in [1.29, 1.82) is 0 Å². The van der Waals surface area contributed by atoms with E-state index < -0.39 is 5.97 Å². The highest BCUT2D eigenvalue weighted by Gasteiger charge is 2.27. The number of aliphatic carboxylic acids is 1. The highest BCUT2D eigenvalue weighted by molar-refractivity contribution is 6.35. The lowest BCUT2D eigenvalue weighted by atomic mass is 9.91. The molecule has 0 spiro atoms. The van der Waals surface area contributed by atoms with Gasteiger partial charge in [0, 0.05) is 47.1 Å². The van der Waals surface area contributed by atoms with Gasteiger partial charge in [0.1, 0.15) is 0 Å². The standard InChI is InChI=1S/C30H27N3O3/c34-29(35)12-10-18-9-11-26-22(15-18)24(30(36)33-26)17-28-23(21-7-3-4-8-25(21)32-28)16-27-20-6-2-1-5-19(20)13-14-31-27/h1-2,5-6,9,11,13-15,17,32H,3-4,7-8,10,12,16H2,(H,33,36)(H,34,35). The van der Waals surface area contributed by atoms with Crippen molar-refractivity contribution in [2.75, 3.05) is 5.32 Å². The molecule has 0 bridgehead atoms. The van der Waals surface area contributed by atoms with Gasteiger partial charge in [-0.1, -0.05) is 30.3 Å². The van der Waals surface area contributed by atoms with Gasteiger partial charge in [-0.25, -0.2) is 0 Å². The Bertz CT molecular complexity index is 1540. The van der Waals surface area contributed by atoms with E-state index >= 15 is 0 Å². The molecular weight excluding hydrogens is 450 g/mol. The number of fused-ring (bicyclic) bond motifs is 3. The lowest BCUT2D eigenvalue weighted by Crippen LogP contribution is -2.04. The van der Waals surface area contributed by atoms with Crippen LogP contribution in [-0.4, -0.2) is 27.0 Å². The van der Waals surface area contributed by atoms with Crippen molar-refractivity contribution in [3.05, 3.63) is 94.1 Å². The number of carbonyl (C=O) groups is 2. The number of hydrogen-bond donors (Lipinski definition) is 3. The summed E-state index contributed by atoms with van der Waals surface area (Å²) in [4.78, 5) is 32.4. The van der Waals surface area contributed by atoms with Gasteiger partial charge >= 0.3 is 5.97 Å². The molecule has 2 aromatic carbocycles. The second-order valence-corrected chi connectivity index (χ2v) is 9.62. The Hall–Kier alpha value is -4.19. The number of aryl methyl sites for hydroxylation is 2. The number of amides is 1. The molecule has 1 amide bonds. The molecular formula is C30H27N3O3. The highest BCUT2D eigenvalue weighted by atomic mass is 16.4. The van der Waals surface area contributed by atoms with E-state index in [1.54, 1.807) is 0 Å². The summed E-state index contributed by atoms with van der Waals surface area (Å²) in [6.45, 7) is 0. The lowest BCUT2D eigenvalue weighted by Gasteiger charge is -2.13. The van der Waals surface area contributed by atoms with Crippen LogP contribution in [0.5, 0.6) is 0 Å². The van der Waals surface area contributed by atoms with Gasteiger partial charge in [-0.15, -0.1) is 0 Å². The number of aromatic amines is 1. The number of nitrogens with zero attached hydrogens (tertiary/aromatic N) is 1. The molecule has 0 saturated carbocycles. The number of carbonyl (C=O) groups excluding carboxylic acids is 1. The zero-order chi connectivity index (χ0) is 24.6. The third kappa shape index (κ3) is 4.09. The van der Waals surface area contributed by atoms with Gasteiger partial charge in [-0.3, -0.25) is 14.6 Å². The largest absolute Gasteiger partial charge is 0.481 e. The molecule has 0 fully saturated rings. The van der Waals surface area contributed by atoms with Crippen molar-refractivity contribution in [3.8, 4) is 0 Å². The molecule has 3 N–H and O–H groups in total. The summed E-state index contributed by atoms with van der Waals surface area (Å²) in [5, 5.41) is 14.4. The van der Waals surface area contributed by atoms with Crippen LogP contribution in [-0.2, 0) is 35.3 Å². The average Bonchev–Trinajstić information content (AvgIpc) is 3.39. The Labute approximate surface area is 209 Å². The minimum Gasteiger partial charge on any atom is -0.481 e. The monoisotopic (exact) mass is 477 g/mol. The van der Waals surface area contributed by atoms with Crippen LogP contribution in [0.1, 0.15) is 58.6 Å². The van der Waals surface area contributed by atoms with Crippen LogP contribution in [0.25, 0.3) is 22.4 Å². The van der Waals surface area contributed by atoms with E-state index in [1.807, 2.05) is 48.7 Å². The first-order valence-corrected chi connectivity index (χ1v) is 12.5. The Morgan fingerprint density at radius 2 is 1.94 bits per heavy atom. The molecule has 1 aliphatic heterocycles. The molecule has 6 rings (SSSR count). The number of rotatable bonds is 6. The van der Waals surface area contributed by atoms with Crippen LogP contribution in [0.15, 0.2) is 54.7 Å². The Morgan fingerprint density at radius 3 is 2.83 bits per heavy atom. The lowest BCUT2D eigenvalue weighted by molar-refractivity contribution is -0.137. The molecule has 2 aromatic heterocycles. The van der Waals surface area contributed by atoms with Crippen molar-refractivity contribution in [1.82, 2.24) is 9.97 Å². The quantitative estimate of drug-likeness (QED) is 0.318. The van der Waals surface area contributed by atoms with Crippen LogP contribution < -0.4 is 5.32 Å². The molecule has 180 valence electrons. The van der Waals surface area contributed by atoms with E-state index in [9.17, 15) is 9.59 Å². The topological polar surface area (TPSA) is 95.1 Å². The van der Waals surface area contributed by atoms with Crippen molar-refractivity contribution in [2.45, 2.75) is 44.9 Å². The fourth-order valence-electron chi connectivity index (χ4n) is 5.52. The Kier molecular flexibility index (Phi) is 5.64. The van der Waals surface area contributed by atoms with Gasteiger partial charge in [0.15, 0.2) is 0 Å². The molecule has 6 nitrogen and oxygen atoms in total. The van der Waals surface area contributed by atoms with E-state index in [-0.39, 0.29) is 12.3 Å². The maximum Gasteiger partial charge on any atom is 0.303 e. The van der Waals surface area contributed by atoms with E-state index in [1.165, 1.54) is 22.2 Å². The molecule has 3 heterocycles. The van der Waals surface area contributed by atoms with Crippen molar-refractivity contribution < 1.29 is 14.7 Å². The molecule has 0 saturated heterocycles. The maximum atomic E-state index is 13.0. The second-order valence-electron chi connectivity index (χ2n) is 9.62. The maximum absolute atomic E-state index is 13.0. The summed E-state index contributed by atoms with van der Waals surface area (Å²) >= 11 is 0. The van der Waals surface area contributed by atoms with E-state index in [0.29, 0.717) is 18.4 Å². The zero-order valence-electron chi connectivity index (χ0n) is 19.9. The molecule has 0 atom stereocenters. The Balaban J connectivity index is 1.43. The zero-order valence-corrected chi connectivity index (χ0v) is 19.9. The van der Waals surface area contributed by atoms with Gasteiger partial charge in [0.25, 0.3) is 5.91 Å². The number of carboxylic acids is 1. The van der Waals surface area contributed by atoms with Gasteiger partial charge in [-0.05, 0) is 78.5 Å². The highest BCUT2D eigenvalue weighted by Crippen LogP contribution is 2.37. The number of pyridine rings is 1. The van der Waals surface area contributed by atoms with Crippen LogP contribution in [0, 0.1) is 0 Å². The van der Waals surface area contributed by atoms with Crippen molar-refractivity contribution >= 4 is 40.0 Å². The normalized spacial score (nSPS) is 15.7. The number of benzene rings is 2. The van der Waals surface area contributed by atoms with Gasteiger partial charge in [0.05, 0.1) is 11.3 Å². The summed E-state index contributed by atoms with van der Waals surface area (Å²) in [5.41, 5.74) is 8.93. The van der Waals surface area contributed by atoms with Gasteiger partial charge in [0.2, 0.25) is 0 Å². The summed E-state index contributed by atoms with van der Waals surface area (Å²) in [5.74, 6) is -0.966. The minimum absolute atomic E-state index is 0.0603. The van der Waals surface area contributed by atoms with E-state index in [0.717, 1.165) is 59.3 Å². The molecule has 0 unspecified atom stereocenters. The summed E-state index contributed by atoms with van der Waals surface area (Å²) in [7, 11) is 0. The molecule has 6 heteroatoms. The third-order valence-electron chi connectivity index (χ3n) is 7.33. The van der Waals surface area contributed by atoms with E-state index in [4.69, 9.17) is 10.1 Å². The minimum atomic E-state index is -0.830. The van der Waals surface area contributed by atoms with E-state index in [2.05, 4.69) is 22.4 Å². The Morgan fingerprint density at radius 1 is 1.08 bits per heavy atom. The van der Waals surface area contributed by atoms with Crippen molar-refractivity contribution in [3.63, 3.8) is 0 Å². The first-order valence-electron chi connectivity index (χ1n) is 12.5.